The van der Waals surface area contributed by atoms with E-state index in [0.29, 0.717) is 5.75 Å². The Kier molecular flexibility index (Phi) is 6.97. The number of amides is 1. The van der Waals surface area contributed by atoms with Crippen LogP contribution in [0.25, 0.3) is 0 Å². The molecule has 2 N–H and O–H groups in total. The van der Waals surface area contributed by atoms with Crippen LogP contribution in [0.4, 0.5) is 0 Å². The second kappa shape index (κ2) is 8.24. The minimum atomic E-state index is -1.05. The van der Waals surface area contributed by atoms with Gasteiger partial charge < -0.3 is 10.4 Å². The summed E-state index contributed by atoms with van der Waals surface area (Å²) in [5.74, 6) is -0.439. The number of carbonyl (C=O) groups is 2. The zero-order valence-electron chi connectivity index (χ0n) is 10.1. The lowest BCUT2D eigenvalue weighted by Gasteiger charge is -2.12. The van der Waals surface area contributed by atoms with E-state index in [4.69, 9.17) is 16.7 Å². The molecule has 1 atom stereocenters. The summed E-state index contributed by atoms with van der Waals surface area (Å²) in [5.41, 5.74) is 0. The molecule has 1 aromatic rings. The van der Waals surface area contributed by atoms with Gasteiger partial charge in [0.2, 0.25) is 5.91 Å². The maximum Gasteiger partial charge on any atom is 0.326 e. The van der Waals surface area contributed by atoms with Gasteiger partial charge in [0, 0.05) is 10.6 Å². The van der Waals surface area contributed by atoms with Crippen LogP contribution < -0.4 is 5.32 Å². The van der Waals surface area contributed by atoms with Gasteiger partial charge in [0.05, 0.1) is 10.1 Å². The first-order chi connectivity index (χ1) is 9.02. The lowest BCUT2D eigenvalue weighted by molar-refractivity contribution is -0.141. The number of carboxylic acids is 1. The number of hydrogen-bond acceptors (Lipinski definition) is 4. The molecule has 0 fully saturated rings. The van der Waals surface area contributed by atoms with E-state index < -0.39 is 12.0 Å². The molecule has 0 aromatic carbocycles. The number of carboxylic acid groups (broad SMARTS) is 1. The fourth-order valence-corrected chi connectivity index (χ4v) is 3.33. The van der Waals surface area contributed by atoms with Gasteiger partial charge in [-0.25, -0.2) is 4.79 Å². The Hall–Kier alpha value is -0.980. The molecular formula is C12H14ClNO3S2. The molecule has 0 bridgehead atoms. The molecule has 1 amide bonds. The first-order valence-corrected chi connectivity index (χ1v) is 7.83. The first-order valence-electron chi connectivity index (χ1n) is 5.48. The minimum Gasteiger partial charge on any atom is -0.480 e. The van der Waals surface area contributed by atoms with Gasteiger partial charge in [0.15, 0.2) is 0 Å². The van der Waals surface area contributed by atoms with Gasteiger partial charge in [0.1, 0.15) is 6.04 Å². The number of hydrogen-bond donors (Lipinski definition) is 2. The highest BCUT2D eigenvalue weighted by Gasteiger charge is 2.17. The third kappa shape index (κ3) is 6.13. The zero-order chi connectivity index (χ0) is 14.3. The summed E-state index contributed by atoms with van der Waals surface area (Å²) in [7, 11) is 0. The summed E-state index contributed by atoms with van der Waals surface area (Å²) in [6.45, 7) is 3.46. The van der Waals surface area contributed by atoms with E-state index in [2.05, 4.69) is 11.9 Å². The molecule has 0 radical (unpaired) electrons. The molecule has 0 aliphatic carbocycles. The fourth-order valence-electron chi connectivity index (χ4n) is 1.30. The Balaban J connectivity index is 2.30. The van der Waals surface area contributed by atoms with Crippen molar-refractivity contribution in [3.8, 4) is 0 Å². The van der Waals surface area contributed by atoms with Crippen molar-refractivity contribution in [3.05, 3.63) is 34.0 Å². The van der Waals surface area contributed by atoms with Crippen molar-refractivity contribution in [1.82, 2.24) is 5.32 Å². The fraction of sp³-hybridized carbons (Fsp3) is 0.333. The van der Waals surface area contributed by atoms with Gasteiger partial charge in [-0.05, 0) is 18.6 Å². The molecule has 0 aliphatic rings. The number of rotatable bonds is 8. The summed E-state index contributed by atoms with van der Waals surface area (Å²) in [6.07, 6.45) is 1.69. The highest BCUT2D eigenvalue weighted by atomic mass is 35.5. The lowest BCUT2D eigenvalue weighted by atomic mass is 10.2. The van der Waals surface area contributed by atoms with Gasteiger partial charge in [0.25, 0.3) is 0 Å². The van der Waals surface area contributed by atoms with E-state index in [-0.39, 0.29) is 18.1 Å². The van der Waals surface area contributed by atoms with E-state index in [1.807, 2.05) is 12.1 Å². The molecule has 7 heteroatoms. The van der Waals surface area contributed by atoms with Crippen LogP contribution >= 0.6 is 34.7 Å². The normalized spacial score (nSPS) is 11.8. The first kappa shape index (κ1) is 16.1. The average molecular weight is 320 g/mol. The minimum absolute atomic E-state index is 0.215. The molecular weight excluding hydrogens is 306 g/mol. The third-order valence-electron chi connectivity index (χ3n) is 2.14. The molecule has 0 aliphatic heterocycles. The van der Waals surface area contributed by atoms with Crippen LogP contribution in [0.5, 0.6) is 0 Å². The Morgan fingerprint density at radius 1 is 1.58 bits per heavy atom. The van der Waals surface area contributed by atoms with Crippen LogP contribution in [0.15, 0.2) is 24.8 Å². The van der Waals surface area contributed by atoms with Crippen LogP contribution in [0.2, 0.25) is 4.34 Å². The lowest BCUT2D eigenvalue weighted by Crippen LogP contribution is -2.41. The molecule has 0 spiro atoms. The monoisotopic (exact) mass is 319 g/mol. The SMILES string of the molecule is C=CCC(NC(=O)CSCc1ccc(Cl)s1)C(=O)O. The maximum atomic E-state index is 11.6. The van der Waals surface area contributed by atoms with Crippen molar-refractivity contribution in [1.29, 1.82) is 0 Å². The number of aliphatic carboxylic acids is 1. The smallest absolute Gasteiger partial charge is 0.326 e. The molecule has 1 heterocycles. The van der Waals surface area contributed by atoms with Crippen molar-refractivity contribution in [2.45, 2.75) is 18.2 Å². The van der Waals surface area contributed by atoms with Crippen molar-refractivity contribution in [2.24, 2.45) is 0 Å². The average Bonchev–Trinajstić information content (AvgIpc) is 2.74. The summed E-state index contributed by atoms with van der Waals surface area (Å²) in [5, 5.41) is 11.3. The second-order valence-electron chi connectivity index (χ2n) is 3.68. The van der Waals surface area contributed by atoms with Crippen LogP contribution in [0.3, 0.4) is 0 Å². The number of thioether (sulfide) groups is 1. The summed E-state index contributed by atoms with van der Waals surface area (Å²) >= 11 is 8.69. The molecule has 1 rings (SSSR count). The van der Waals surface area contributed by atoms with E-state index in [1.54, 1.807) is 0 Å². The molecule has 1 aromatic heterocycles. The number of halogens is 1. The van der Waals surface area contributed by atoms with E-state index >= 15 is 0 Å². The molecule has 19 heavy (non-hydrogen) atoms. The van der Waals surface area contributed by atoms with Gasteiger partial charge >= 0.3 is 5.97 Å². The quantitative estimate of drug-likeness (QED) is 0.723. The Bertz CT molecular complexity index is 462. The largest absolute Gasteiger partial charge is 0.480 e. The number of carbonyl (C=O) groups excluding carboxylic acids is 1. The third-order valence-corrected chi connectivity index (χ3v) is 4.54. The van der Waals surface area contributed by atoms with Crippen LogP contribution in [0.1, 0.15) is 11.3 Å². The van der Waals surface area contributed by atoms with Gasteiger partial charge in [-0.15, -0.1) is 29.7 Å². The Labute approximate surface area is 124 Å². The van der Waals surface area contributed by atoms with Crippen molar-refractivity contribution < 1.29 is 14.7 Å². The van der Waals surface area contributed by atoms with Gasteiger partial charge in [-0.1, -0.05) is 17.7 Å². The maximum absolute atomic E-state index is 11.6. The van der Waals surface area contributed by atoms with E-state index in [0.717, 1.165) is 9.21 Å². The highest BCUT2D eigenvalue weighted by Crippen LogP contribution is 2.24. The predicted molar refractivity (Wildman–Crippen MR) is 79.9 cm³/mol. The van der Waals surface area contributed by atoms with Crippen molar-refractivity contribution in [3.63, 3.8) is 0 Å². The number of thiophene rings is 1. The van der Waals surface area contributed by atoms with Crippen LogP contribution in [0, 0.1) is 0 Å². The predicted octanol–water partition coefficient (Wildman–Crippen LogP) is 2.78. The zero-order valence-corrected chi connectivity index (χ0v) is 12.5. The number of nitrogens with one attached hydrogen (secondary N) is 1. The summed E-state index contributed by atoms with van der Waals surface area (Å²) in [6, 6.07) is 2.82. The Morgan fingerprint density at radius 2 is 2.32 bits per heavy atom. The van der Waals surface area contributed by atoms with Crippen molar-refractivity contribution >= 4 is 46.6 Å². The standard InChI is InChI=1S/C12H14ClNO3S2/c1-2-3-9(12(16)17)14-11(15)7-18-6-8-4-5-10(13)19-8/h2,4-5,9H,1,3,6-7H2,(H,14,15)(H,16,17). The molecule has 1 unspecified atom stereocenters. The van der Waals surface area contributed by atoms with Crippen LogP contribution in [-0.2, 0) is 15.3 Å². The molecule has 0 saturated heterocycles. The molecule has 4 nitrogen and oxygen atoms in total. The van der Waals surface area contributed by atoms with Crippen molar-refractivity contribution in [2.75, 3.05) is 5.75 Å². The summed E-state index contributed by atoms with van der Waals surface area (Å²) < 4.78 is 0.719. The highest BCUT2D eigenvalue weighted by molar-refractivity contribution is 7.99. The Morgan fingerprint density at radius 3 is 2.84 bits per heavy atom. The topological polar surface area (TPSA) is 66.4 Å². The second-order valence-corrected chi connectivity index (χ2v) is 6.47. The van der Waals surface area contributed by atoms with E-state index in [9.17, 15) is 9.59 Å². The van der Waals surface area contributed by atoms with E-state index in [1.165, 1.54) is 29.2 Å². The van der Waals surface area contributed by atoms with Gasteiger partial charge in [-0.3, -0.25) is 4.79 Å². The summed E-state index contributed by atoms with van der Waals surface area (Å²) in [4.78, 5) is 23.5. The van der Waals surface area contributed by atoms with Gasteiger partial charge in [-0.2, -0.15) is 0 Å². The molecule has 0 saturated carbocycles. The molecule has 104 valence electrons. The van der Waals surface area contributed by atoms with Crippen LogP contribution in [-0.4, -0.2) is 28.8 Å².